The molecule has 3 aromatic rings. The van der Waals surface area contributed by atoms with E-state index in [2.05, 4.69) is 5.32 Å². The molecule has 10 nitrogen and oxygen atoms in total. The minimum absolute atomic E-state index is 0.00990. The number of ether oxygens (including phenoxy) is 3. The number of hydrogen-bond donors (Lipinski definition) is 3. The van der Waals surface area contributed by atoms with E-state index in [9.17, 15) is 14.7 Å². The van der Waals surface area contributed by atoms with Gasteiger partial charge in [-0.1, -0.05) is 30.3 Å². The third-order valence-electron chi connectivity index (χ3n) is 5.73. The molecule has 0 aliphatic carbocycles. The lowest BCUT2D eigenvalue weighted by atomic mass is 9.97. The van der Waals surface area contributed by atoms with Crippen LogP contribution in [0.15, 0.2) is 77.3 Å². The van der Waals surface area contributed by atoms with E-state index in [0.29, 0.717) is 12.1 Å². The number of nitrogens with one attached hydrogen (secondary N) is 1. The van der Waals surface area contributed by atoms with Gasteiger partial charge >= 0.3 is 0 Å². The van der Waals surface area contributed by atoms with Gasteiger partial charge in [0.05, 0.1) is 37.8 Å². The van der Waals surface area contributed by atoms with Gasteiger partial charge in [-0.05, 0) is 30.3 Å². The second-order valence-corrected chi connectivity index (χ2v) is 8.18. The van der Waals surface area contributed by atoms with Crippen molar-refractivity contribution < 1.29 is 29.2 Å². The van der Waals surface area contributed by atoms with E-state index in [-0.39, 0.29) is 55.1 Å². The average Bonchev–Trinajstić information content (AvgIpc) is 3.19. The molecule has 0 unspecified atom stereocenters. The number of rotatable bonds is 10. The van der Waals surface area contributed by atoms with Gasteiger partial charge in [0.25, 0.3) is 11.5 Å². The maximum Gasteiger partial charge on any atom is 0.290 e. The molecule has 190 valence electrons. The summed E-state index contributed by atoms with van der Waals surface area (Å²) in [7, 11) is 1.79. The van der Waals surface area contributed by atoms with E-state index in [1.54, 1.807) is 46.8 Å². The zero-order valence-electron chi connectivity index (χ0n) is 19.9. The van der Waals surface area contributed by atoms with Crippen molar-refractivity contribution in [3.05, 3.63) is 88.5 Å². The van der Waals surface area contributed by atoms with Crippen LogP contribution in [-0.4, -0.2) is 58.2 Å². The maximum atomic E-state index is 13.0. The first-order chi connectivity index (χ1) is 17.5. The van der Waals surface area contributed by atoms with Gasteiger partial charge in [-0.2, -0.15) is 0 Å². The van der Waals surface area contributed by atoms with Crippen LogP contribution in [-0.2, 0) is 26.1 Å². The molecule has 0 bridgehead atoms. The van der Waals surface area contributed by atoms with Gasteiger partial charge in [0.1, 0.15) is 5.75 Å². The Morgan fingerprint density at radius 1 is 1.11 bits per heavy atom. The molecule has 4 rings (SSSR count). The summed E-state index contributed by atoms with van der Waals surface area (Å²) in [5, 5.41) is 21.5. The smallest absolute Gasteiger partial charge is 0.290 e. The summed E-state index contributed by atoms with van der Waals surface area (Å²) in [5.41, 5.74) is 1.45. The lowest BCUT2D eigenvalue weighted by molar-refractivity contribution is -0.149. The number of phenolic OH excluding ortho intramolecular Hbond substituents is 1. The highest BCUT2D eigenvalue weighted by Gasteiger charge is 2.31. The summed E-state index contributed by atoms with van der Waals surface area (Å²) in [5.74, 6) is -0.987. The standard InChI is InChI=1S/C26H29N3O7/c1-28-21(17-24(32)29(28)19-7-3-2-4-8-19)18-15-23(26(33)27-20-9-5-6-10-22(20)31)36-25(16-18)35-14-13-34-12-11-30/h2-10,15,17-18,25,30-31H,11-14,16H2,1H3,(H,27,33)/t18-,25+/m0/s1. The number of aromatic nitrogens is 2. The number of hydrogen-bond acceptors (Lipinski definition) is 7. The molecular formula is C26H29N3O7. The Morgan fingerprint density at radius 3 is 2.61 bits per heavy atom. The summed E-state index contributed by atoms with van der Waals surface area (Å²) in [6.45, 7) is 0.543. The van der Waals surface area contributed by atoms with Crippen LogP contribution < -0.4 is 10.9 Å². The van der Waals surface area contributed by atoms with Crippen molar-refractivity contribution in [1.82, 2.24) is 9.36 Å². The number of aliphatic hydroxyl groups excluding tert-OH is 1. The number of aromatic hydroxyl groups is 1. The van der Waals surface area contributed by atoms with Crippen molar-refractivity contribution in [2.45, 2.75) is 18.6 Å². The molecule has 1 amide bonds. The van der Waals surface area contributed by atoms with Crippen molar-refractivity contribution in [2.24, 2.45) is 7.05 Å². The number of nitrogens with zero attached hydrogens (tertiary/aromatic N) is 2. The lowest BCUT2D eigenvalue weighted by Crippen LogP contribution is -2.31. The number of carbonyl (C=O) groups is 1. The van der Waals surface area contributed by atoms with E-state index in [4.69, 9.17) is 19.3 Å². The predicted octanol–water partition coefficient (Wildman–Crippen LogP) is 2.26. The number of benzene rings is 2. The Hall–Kier alpha value is -3.86. The second-order valence-electron chi connectivity index (χ2n) is 8.18. The van der Waals surface area contributed by atoms with Crippen molar-refractivity contribution in [1.29, 1.82) is 0 Å². The van der Waals surface area contributed by atoms with Crippen molar-refractivity contribution in [3.63, 3.8) is 0 Å². The fraction of sp³-hybridized carbons (Fsp3) is 0.308. The number of para-hydroxylation sites is 3. The highest BCUT2D eigenvalue weighted by atomic mass is 16.7. The topological polar surface area (TPSA) is 124 Å². The monoisotopic (exact) mass is 495 g/mol. The zero-order valence-corrected chi connectivity index (χ0v) is 19.9. The van der Waals surface area contributed by atoms with Crippen LogP contribution in [0, 0.1) is 0 Å². The fourth-order valence-corrected chi connectivity index (χ4v) is 4.05. The van der Waals surface area contributed by atoms with Crippen molar-refractivity contribution in [3.8, 4) is 11.4 Å². The van der Waals surface area contributed by atoms with Gasteiger partial charge in [-0.15, -0.1) is 0 Å². The maximum absolute atomic E-state index is 13.0. The molecule has 2 aromatic carbocycles. The molecule has 3 N–H and O–H groups in total. The minimum Gasteiger partial charge on any atom is -0.506 e. The summed E-state index contributed by atoms with van der Waals surface area (Å²) < 4.78 is 20.2. The van der Waals surface area contributed by atoms with Crippen LogP contribution in [0.5, 0.6) is 5.75 Å². The van der Waals surface area contributed by atoms with E-state index >= 15 is 0 Å². The number of allylic oxidation sites excluding steroid dienone is 1. The predicted molar refractivity (Wildman–Crippen MR) is 132 cm³/mol. The quantitative estimate of drug-likeness (QED) is 0.291. The van der Waals surface area contributed by atoms with Gasteiger partial charge in [-0.25, -0.2) is 4.68 Å². The first-order valence-electron chi connectivity index (χ1n) is 11.6. The van der Waals surface area contributed by atoms with Gasteiger partial charge in [0.15, 0.2) is 5.76 Å². The third kappa shape index (κ3) is 5.85. The molecule has 0 fully saturated rings. The summed E-state index contributed by atoms with van der Waals surface area (Å²) in [4.78, 5) is 25.9. The Bertz CT molecular complexity index is 1270. The van der Waals surface area contributed by atoms with E-state index < -0.39 is 12.2 Å². The summed E-state index contributed by atoms with van der Waals surface area (Å²) in [6, 6.07) is 17.2. The average molecular weight is 496 g/mol. The Labute approximate surface area is 207 Å². The first-order valence-corrected chi connectivity index (χ1v) is 11.6. The second kappa shape index (κ2) is 11.7. The van der Waals surface area contributed by atoms with Gasteiger partial charge in [0.2, 0.25) is 6.29 Å². The SMILES string of the molecule is Cn1c([C@H]2C=C(C(=O)Nc3ccccc3O)O[C@@H](OCCOCCO)C2)cc(=O)n1-c1ccccc1. The molecule has 0 saturated carbocycles. The van der Waals surface area contributed by atoms with Gasteiger partial charge in [-0.3, -0.25) is 14.3 Å². The molecular weight excluding hydrogens is 466 g/mol. The van der Waals surface area contributed by atoms with E-state index in [0.717, 1.165) is 5.69 Å². The Kier molecular flexibility index (Phi) is 8.21. The van der Waals surface area contributed by atoms with Crippen LogP contribution in [0.1, 0.15) is 18.0 Å². The molecule has 1 aliphatic heterocycles. The number of phenols is 1. The van der Waals surface area contributed by atoms with Crippen LogP contribution in [0.3, 0.4) is 0 Å². The molecule has 1 aromatic heterocycles. The highest BCUT2D eigenvalue weighted by Crippen LogP contribution is 2.32. The number of carbonyl (C=O) groups excluding carboxylic acids is 1. The lowest BCUT2D eigenvalue weighted by Gasteiger charge is -2.29. The molecule has 10 heteroatoms. The molecule has 1 aliphatic rings. The molecule has 0 spiro atoms. The number of anilines is 1. The zero-order chi connectivity index (χ0) is 25.5. The van der Waals surface area contributed by atoms with E-state index in [1.807, 2.05) is 30.3 Å². The molecule has 0 radical (unpaired) electrons. The van der Waals surface area contributed by atoms with Crippen LogP contribution in [0.4, 0.5) is 5.69 Å². The largest absolute Gasteiger partial charge is 0.506 e. The van der Waals surface area contributed by atoms with Crippen molar-refractivity contribution >= 4 is 11.6 Å². The van der Waals surface area contributed by atoms with Gasteiger partial charge < -0.3 is 29.7 Å². The van der Waals surface area contributed by atoms with Gasteiger partial charge in [0, 0.05) is 31.1 Å². The van der Waals surface area contributed by atoms with E-state index in [1.165, 1.54) is 6.07 Å². The Balaban J connectivity index is 1.61. The normalized spacial score (nSPS) is 17.3. The van der Waals surface area contributed by atoms with Crippen LogP contribution >= 0.6 is 0 Å². The number of amides is 1. The van der Waals surface area contributed by atoms with Crippen molar-refractivity contribution in [2.75, 3.05) is 31.7 Å². The molecule has 2 atom stereocenters. The molecule has 36 heavy (non-hydrogen) atoms. The Morgan fingerprint density at radius 2 is 1.86 bits per heavy atom. The number of aliphatic hydroxyl groups is 1. The van der Waals surface area contributed by atoms with Crippen LogP contribution in [0.25, 0.3) is 5.69 Å². The summed E-state index contributed by atoms with van der Waals surface area (Å²) >= 11 is 0. The molecule has 2 heterocycles. The first kappa shape index (κ1) is 25.2. The summed E-state index contributed by atoms with van der Waals surface area (Å²) in [6.07, 6.45) is 1.24. The van der Waals surface area contributed by atoms with Crippen LogP contribution in [0.2, 0.25) is 0 Å². The fourth-order valence-electron chi connectivity index (χ4n) is 4.05. The minimum atomic E-state index is -0.780. The third-order valence-corrected chi connectivity index (χ3v) is 5.73. The highest BCUT2D eigenvalue weighted by molar-refractivity contribution is 6.03. The molecule has 0 saturated heterocycles.